The lowest BCUT2D eigenvalue weighted by Crippen LogP contribution is -2.28. The molecule has 4 bridgehead atoms. The van der Waals surface area contributed by atoms with Crippen molar-refractivity contribution < 1.29 is 14.3 Å². The van der Waals surface area contributed by atoms with Gasteiger partial charge in [-0.05, 0) is 104 Å². The number of carboxylic acids is 1. The summed E-state index contributed by atoms with van der Waals surface area (Å²) in [6.07, 6.45) is 7.64. The van der Waals surface area contributed by atoms with Gasteiger partial charge in [0.15, 0.2) is 11.6 Å². The number of hydrogen-bond acceptors (Lipinski definition) is 6. The minimum Gasteiger partial charge on any atom is -0.481 e. The van der Waals surface area contributed by atoms with Gasteiger partial charge in [0, 0.05) is 35.2 Å². The molecule has 0 aliphatic carbocycles. The lowest BCUT2D eigenvalue weighted by atomic mass is 9.74. The van der Waals surface area contributed by atoms with Gasteiger partial charge in [-0.2, -0.15) is 16.9 Å². The van der Waals surface area contributed by atoms with E-state index in [0.29, 0.717) is 28.7 Å². The van der Waals surface area contributed by atoms with Crippen LogP contribution in [0.3, 0.4) is 0 Å². The number of aromatic nitrogens is 5. The Labute approximate surface area is 290 Å². The third-order valence-corrected chi connectivity index (χ3v) is 12.2. The largest absolute Gasteiger partial charge is 0.481 e. The van der Waals surface area contributed by atoms with Crippen LogP contribution in [0.2, 0.25) is 0 Å². The number of H-pyrrole nitrogens is 1. The van der Waals surface area contributed by atoms with E-state index in [1.807, 2.05) is 55.3 Å². The van der Waals surface area contributed by atoms with Crippen LogP contribution in [0.25, 0.3) is 22.4 Å². The van der Waals surface area contributed by atoms with Gasteiger partial charge in [0.1, 0.15) is 11.5 Å². The van der Waals surface area contributed by atoms with E-state index in [1.54, 1.807) is 30.8 Å². The summed E-state index contributed by atoms with van der Waals surface area (Å²) in [5.41, 5.74) is 3.25. The van der Waals surface area contributed by atoms with Gasteiger partial charge < -0.3 is 10.1 Å². The smallest absolute Gasteiger partial charge is 0.309 e. The van der Waals surface area contributed by atoms with Gasteiger partial charge in [-0.25, -0.2) is 14.1 Å². The number of benzene rings is 2. The monoisotopic (exact) mass is 685 g/mol. The molecule has 0 saturated carbocycles. The highest BCUT2D eigenvalue weighted by molar-refractivity contribution is 7.99. The Morgan fingerprint density at radius 1 is 1.12 bits per heavy atom. The fraction of sp³-hybridized carbons (Fsp3) is 0.421. The molecule has 2 aromatic carbocycles. The Kier molecular flexibility index (Phi) is 9.52. The molecular weight excluding hydrogens is 642 g/mol. The van der Waals surface area contributed by atoms with Crippen LogP contribution in [-0.2, 0) is 30.1 Å². The fourth-order valence-electron chi connectivity index (χ4n) is 6.65. The summed E-state index contributed by atoms with van der Waals surface area (Å²) in [6, 6.07) is 15.8. The topological polar surface area (TPSA) is 96.7 Å². The Balaban J connectivity index is 1.44. The van der Waals surface area contributed by atoms with Crippen LogP contribution in [0.5, 0.6) is 0 Å². The Hall–Kier alpha value is -3.63. The van der Waals surface area contributed by atoms with Crippen LogP contribution in [0.1, 0.15) is 76.4 Å². The maximum absolute atomic E-state index is 15.7. The van der Waals surface area contributed by atoms with E-state index in [4.69, 9.17) is 10.1 Å². The number of fused-ring (bicyclic) bond motifs is 8. The Morgan fingerprint density at radius 3 is 2.73 bits per heavy atom. The lowest BCUT2D eigenvalue weighted by Gasteiger charge is -2.31. The number of pyridine rings is 1. The average Bonchev–Trinajstić information content (AvgIpc) is 3.66. The standard InChI is InChI=1S/C38H44FN5O2S2/c1-36(2)14-8-15-38(5,25-10-7-9-24(19-25)22-37(3,4)35(45)46)34-42-33(44(6)43-34)31-20-26(11-16-41-31)48-32-28(13-18-47-23-36)27-12-17-40-30(27)21-29(32)39/h7,9-12,16-17,19-21,40H,8,13-15,18,22-23H2,1-6H3,(H,45,46)/t38-/m1/s1. The van der Waals surface area contributed by atoms with E-state index in [9.17, 15) is 9.90 Å². The molecule has 252 valence electrons. The molecule has 0 saturated heterocycles. The predicted octanol–water partition coefficient (Wildman–Crippen LogP) is 9.09. The summed E-state index contributed by atoms with van der Waals surface area (Å²) in [4.78, 5) is 26.5. The number of aryl methyl sites for hydroxylation is 2. The molecule has 0 amide bonds. The predicted molar refractivity (Wildman–Crippen MR) is 193 cm³/mol. The van der Waals surface area contributed by atoms with Crippen LogP contribution >= 0.6 is 23.5 Å². The second kappa shape index (κ2) is 13.3. The zero-order valence-electron chi connectivity index (χ0n) is 28.6. The number of thioether (sulfide) groups is 1. The van der Waals surface area contributed by atoms with Crippen LogP contribution in [0.4, 0.5) is 4.39 Å². The molecule has 48 heavy (non-hydrogen) atoms. The molecule has 1 aliphatic heterocycles. The van der Waals surface area contributed by atoms with Gasteiger partial charge in [0.2, 0.25) is 0 Å². The highest BCUT2D eigenvalue weighted by atomic mass is 32.2. The van der Waals surface area contributed by atoms with Crippen molar-refractivity contribution in [2.24, 2.45) is 17.9 Å². The average molecular weight is 686 g/mol. The molecular formula is C38H44FN5O2S2. The molecule has 0 unspecified atom stereocenters. The number of aliphatic carboxylic acids is 1. The highest BCUT2D eigenvalue weighted by Gasteiger charge is 2.36. The summed E-state index contributed by atoms with van der Waals surface area (Å²) in [5.74, 6) is 2.20. The van der Waals surface area contributed by atoms with Crippen molar-refractivity contribution in [3.63, 3.8) is 0 Å². The van der Waals surface area contributed by atoms with Gasteiger partial charge in [-0.1, -0.05) is 56.3 Å². The van der Waals surface area contributed by atoms with Crippen molar-refractivity contribution in [3.8, 4) is 11.5 Å². The van der Waals surface area contributed by atoms with Gasteiger partial charge in [-0.3, -0.25) is 9.78 Å². The van der Waals surface area contributed by atoms with Crippen molar-refractivity contribution in [2.45, 2.75) is 81.9 Å². The van der Waals surface area contributed by atoms with Gasteiger partial charge in [0.25, 0.3) is 0 Å². The Morgan fingerprint density at radius 2 is 1.94 bits per heavy atom. The molecule has 2 N–H and O–H groups in total. The molecule has 7 nitrogen and oxygen atoms in total. The zero-order chi connectivity index (χ0) is 34.3. The molecule has 0 fully saturated rings. The first kappa shape index (κ1) is 34.2. The SMILES string of the molecule is Cn1nc2nc1-c1cc(ccn1)Sc1c(F)cc3[nH]ccc3c1CCSCC(C)(C)CCC[C@]2(C)c1cccc(CC(C)(C)C(=O)O)c1. The van der Waals surface area contributed by atoms with E-state index in [2.05, 4.69) is 42.9 Å². The van der Waals surface area contributed by atoms with E-state index in [-0.39, 0.29) is 11.2 Å². The van der Waals surface area contributed by atoms with E-state index in [1.165, 1.54) is 11.8 Å². The number of aromatic amines is 1. The molecule has 3 aromatic heterocycles. The minimum atomic E-state index is -0.887. The number of nitrogens with one attached hydrogen (secondary N) is 1. The maximum atomic E-state index is 15.7. The van der Waals surface area contributed by atoms with Crippen LogP contribution in [0.15, 0.2) is 70.7 Å². The maximum Gasteiger partial charge on any atom is 0.309 e. The normalized spacial score (nSPS) is 19.0. The third-order valence-electron chi connectivity index (χ3n) is 9.61. The molecule has 10 heteroatoms. The quantitative estimate of drug-likeness (QED) is 0.195. The number of halogens is 1. The van der Waals surface area contributed by atoms with Crippen molar-refractivity contribution in [3.05, 3.63) is 89.3 Å². The third kappa shape index (κ3) is 7.06. The summed E-state index contributed by atoms with van der Waals surface area (Å²) in [5, 5.41) is 15.9. The van der Waals surface area contributed by atoms with Crippen LogP contribution in [-0.4, -0.2) is 47.3 Å². The molecule has 0 radical (unpaired) electrons. The lowest BCUT2D eigenvalue weighted by molar-refractivity contribution is -0.146. The van der Waals surface area contributed by atoms with Crippen molar-refractivity contribution in [2.75, 3.05) is 11.5 Å². The number of carboxylic acid groups (broad SMARTS) is 1. The first-order chi connectivity index (χ1) is 22.8. The van der Waals surface area contributed by atoms with E-state index >= 15 is 4.39 Å². The molecule has 4 heterocycles. The summed E-state index contributed by atoms with van der Waals surface area (Å²) < 4.78 is 17.5. The molecule has 1 aliphatic rings. The molecule has 5 aromatic rings. The number of hydrogen-bond donors (Lipinski definition) is 2. The fourth-order valence-corrected chi connectivity index (χ4v) is 8.87. The Bertz CT molecular complexity index is 1970. The van der Waals surface area contributed by atoms with Gasteiger partial charge in [-0.15, -0.1) is 0 Å². The first-order valence-electron chi connectivity index (χ1n) is 16.5. The molecule has 6 rings (SSSR count). The molecule has 0 spiro atoms. The van der Waals surface area contributed by atoms with E-state index < -0.39 is 16.8 Å². The summed E-state index contributed by atoms with van der Waals surface area (Å²) in [7, 11) is 1.89. The van der Waals surface area contributed by atoms with Crippen molar-refractivity contribution in [1.29, 1.82) is 0 Å². The first-order valence-corrected chi connectivity index (χ1v) is 18.5. The van der Waals surface area contributed by atoms with Crippen LogP contribution in [0, 0.1) is 16.6 Å². The number of nitrogens with zero attached hydrogens (tertiary/aromatic N) is 4. The van der Waals surface area contributed by atoms with Gasteiger partial charge >= 0.3 is 5.97 Å². The van der Waals surface area contributed by atoms with Crippen LogP contribution < -0.4 is 0 Å². The zero-order valence-corrected chi connectivity index (χ0v) is 30.2. The van der Waals surface area contributed by atoms with Gasteiger partial charge in [0.05, 0.1) is 15.7 Å². The second-order valence-electron chi connectivity index (χ2n) is 14.7. The molecule has 1 atom stereocenters. The van der Waals surface area contributed by atoms with Crippen molar-refractivity contribution in [1.82, 2.24) is 24.7 Å². The minimum absolute atomic E-state index is 0.0946. The van der Waals surface area contributed by atoms with E-state index in [0.717, 1.165) is 69.7 Å². The summed E-state index contributed by atoms with van der Waals surface area (Å²) >= 11 is 3.36. The van der Waals surface area contributed by atoms with Crippen molar-refractivity contribution >= 4 is 40.4 Å². The second-order valence-corrected chi connectivity index (χ2v) is 16.9. The summed E-state index contributed by atoms with van der Waals surface area (Å²) in [6.45, 7) is 10.4. The number of carbonyl (C=O) groups is 1. The highest BCUT2D eigenvalue weighted by Crippen LogP contribution is 2.41. The number of rotatable bonds is 4.